The Kier molecular flexibility index (Phi) is 5.54. The summed E-state index contributed by atoms with van der Waals surface area (Å²) in [6, 6.07) is 10.5. The summed E-state index contributed by atoms with van der Waals surface area (Å²) in [6.07, 6.45) is 1.61. The normalized spacial score (nSPS) is 10.2. The lowest BCUT2D eigenvalue weighted by Crippen LogP contribution is -2.14. The molecule has 110 valence electrons. The van der Waals surface area contributed by atoms with E-state index in [0.717, 1.165) is 5.69 Å². The van der Waals surface area contributed by atoms with Gasteiger partial charge in [0.2, 0.25) is 0 Å². The number of pyridine rings is 1. The summed E-state index contributed by atoms with van der Waals surface area (Å²) in [5.74, 6) is -0.299. The number of benzene rings is 1. The van der Waals surface area contributed by atoms with Gasteiger partial charge in [0.1, 0.15) is 5.69 Å². The van der Waals surface area contributed by atoms with E-state index in [1.54, 1.807) is 49.7 Å². The van der Waals surface area contributed by atoms with E-state index in [-0.39, 0.29) is 5.91 Å². The topological polar surface area (TPSA) is 63.2 Å². The zero-order valence-electron chi connectivity index (χ0n) is 11.6. The van der Waals surface area contributed by atoms with Gasteiger partial charge in [0.25, 0.3) is 5.91 Å². The molecule has 0 atom stereocenters. The molecule has 2 N–H and O–H groups in total. The molecule has 1 heterocycles. The number of nitrogens with zero attached hydrogens (tertiary/aromatic N) is 1. The number of rotatable bonds is 6. The number of hydrogen-bond acceptors (Lipinski definition) is 4. The van der Waals surface area contributed by atoms with Gasteiger partial charge in [0.05, 0.1) is 29.2 Å². The molecule has 0 unspecified atom stereocenters. The van der Waals surface area contributed by atoms with Crippen LogP contribution in [0.5, 0.6) is 0 Å². The number of anilines is 2. The number of nitrogens with one attached hydrogen (secondary N) is 2. The van der Waals surface area contributed by atoms with Gasteiger partial charge in [-0.15, -0.1) is 0 Å². The smallest absolute Gasteiger partial charge is 0.274 e. The van der Waals surface area contributed by atoms with Crippen molar-refractivity contribution in [3.05, 3.63) is 53.3 Å². The Bertz CT molecular complexity index is 602. The molecule has 0 radical (unpaired) electrons. The zero-order valence-corrected chi connectivity index (χ0v) is 12.4. The highest BCUT2D eigenvalue weighted by Crippen LogP contribution is 2.21. The van der Waals surface area contributed by atoms with E-state index in [1.807, 2.05) is 0 Å². The molecule has 1 aromatic carbocycles. The van der Waals surface area contributed by atoms with Gasteiger partial charge in [0.15, 0.2) is 0 Å². The standard InChI is InChI=1S/C15H16ClN3O2/c1-21-9-8-17-11-6-7-14(18-10-11)15(20)19-13-5-3-2-4-12(13)16/h2-7,10,17H,8-9H2,1H3,(H,19,20). The number of para-hydroxylation sites is 1. The minimum atomic E-state index is -0.299. The number of halogens is 1. The molecule has 5 nitrogen and oxygen atoms in total. The number of ether oxygens (including phenoxy) is 1. The monoisotopic (exact) mass is 305 g/mol. The summed E-state index contributed by atoms with van der Waals surface area (Å²) >= 11 is 5.99. The molecule has 0 aliphatic heterocycles. The Labute approximate surface area is 128 Å². The fraction of sp³-hybridized carbons (Fsp3) is 0.200. The molecule has 0 saturated carbocycles. The van der Waals surface area contributed by atoms with E-state index in [9.17, 15) is 4.79 Å². The van der Waals surface area contributed by atoms with Crippen LogP contribution in [0.1, 0.15) is 10.5 Å². The van der Waals surface area contributed by atoms with E-state index in [0.29, 0.717) is 29.6 Å². The second kappa shape index (κ2) is 7.61. The highest BCUT2D eigenvalue weighted by Gasteiger charge is 2.09. The Morgan fingerprint density at radius 3 is 2.76 bits per heavy atom. The maximum absolute atomic E-state index is 12.1. The predicted molar refractivity (Wildman–Crippen MR) is 84.0 cm³/mol. The molecule has 1 amide bonds. The second-order valence-electron chi connectivity index (χ2n) is 4.29. The summed E-state index contributed by atoms with van der Waals surface area (Å²) in [7, 11) is 1.64. The van der Waals surface area contributed by atoms with E-state index in [1.165, 1.54) is 0 Å². The third-order valence-electron chi connectivity index (χ3n) is 2.75. The quantitative estimate of drug-likeness (QED) is 0.805. The van der Waals surface area contributed by atoms with Gasteiger partial charge in [-0.3, -0.25) is 4.79 Å². The van der Waals surface area contributed by atoms with Crippen molar-refractivity contribution in [1.29, 1.82) is 0 Å². The molecule has 2 rings (SSSR count). The third kappa shape index (κ3) is 4.44. The van der Waals surface area contributed by atoms with Crippen LogP contribution in [-0.2, 0) is 4.74 Å². The Hall–Kier alpha value is -2.11. The molecule has 0 spiro atoms. The first-order chi connectivity index (χ1) is 10.2. The van der Waals surface area contributed by atoms with E-state index < -0.39 is 0 Å². The predicted octanol–water partition coefficient (Wildman–Crippen LogP) is 3.05. The van der Waals surface area contributed by atoms with Crippen LogP contribution >= 0.6 is 11.6 Å². The van der Waals surface area contributed by atoms with Crippen LogP contribution in [0.4, 0.5) is 11.4 Å². The van der Waals surface area contributed by atoms with Gasteiger partial charge in [-0.1, -0.05) is 23.7 Å². The molecule has 0 aliphatic rings. The molecule has 0 bridgehead atoms. The van der Waals surface area contributed by atoms with Crippen molar-refractivity contribution < 1.29 is 9.53 Å². The van der Waals surface area contributed by atoms with Gasteiger partial charge in [0, 0.05) is 13.7 Å². The fourth-order valence-electron chi connectivity index (χ4n) is 1.68. The fourth-order valence-corrected chi connectivity index (χ4v) is 1.86. The molecular weight excluding hydrogens is 290 g/mol. The molecule has 0 aliphatic carbocycles. The van der Waals surface area contributed by atoms with Crippen LogP contribution in [0.2, 0.25) is 5.02 Å². The molecule has 0 fully saturated rings. The van der Waals surface area contributed by atoms with Crippen LogP contribution in [0.15, 0.2) is 42.6 Å². The average Bonchev–Trinajstić information content (AvgIpc) is 2.50. The van der Waals surface area contributed by atoms with Gasteiger partial charge in [-0.05, 0) is 24.3 Å². The van der Waals surface area contributed by atoms with Crippen molar-refractivity contribution in [2.75, 3.05) is 30.9 Å². The van der Waals surface area contributed by atoms with Gasteiger partial charge in [-0.25, -0.2) is 4.98 Å². The number of carbonyl (C=O) groups excluding carboxylic acids is 1. The number of carbonyl (C=O) groups is 1. The number of amides is 1. The van der Waals surface area contributed by atoms with Crippen molar-refractivity contribution in [2.24, 2.45) is 0 Å². The van der Waals surface area contributed by atoms with Crippen LogP contribution in [-0.4, -0.2) is 31.2 Å². The van der Waals surface area contributed by atoms with Crippen LogP contribution in [0, 0.1) is 0 Å². The molecular formula is C15H16ClN3O2. The molecule has 21 heavy (non-hydrogen) atoms. The minimum Gasteiger partial charge on any atom is -0.383 e. The van der Waals surface area contributed by atoms with Crippen molar-refractivity contribution in [1.82, 2.24) is 4.98 Å². The van der Waals surface area contributed by atoms with E-state index in [2.05, 4.69) is 15.6 Å². The van der Waals surface area contributed by atoms with Crippen molar-refractivity contribution in [3.63, 3.8) is 0 Å². The van der Waals surface area contributed by atoms with Crippen LogP contribution < -0.4 is 10.6 Å². The SMILES string of the molecule is COCCNc1ccc(C(=O)Nc2ccccc2Cl)nc1. The lowest BCUT2D eigenvalue weighted by molar-refractivity contribution is 0.102. The van der Waals surface area contributed by atoms with Crippen molar-refractivity contribution in [3.8, 4) is 0 Å². The summed E-state index contributed by atoms with van der Waals surface area (Å²) in [4.78, 5) is 16.2. The average molecular weight is 306 g/mol. The highest BCUT2D eigenvalue weighted by molar-refractivity contribution is 6.33. The largest absolute Gasteiger partial charge is 0.383 e. The number of methoxy groups -OCH3 is 1. The summed E-state index contributed by atoms with van der Waals surface area (Å²) < 4.78 is 4.94. The summed E-state index contributed by atoms with van der Waals surface area (Å²) in [5.41, 5.74) is 1.72. The Morgan fingerprint density at radius 2 is 2.10 bits per heavy atom. The molecule has 2 aromatic rings. The highest BCUT2D eigenvalue weighted by atomic mass is 35.5. The minimum absolute atomic E-state index is 0.299. The first kappa shape index (κ1) is 15.3. The molecule has 0 saturated heterocycles. The maximum atomic E-state index is 12.1. The van der Waals surface area contributed by atoms with Gasteiger partial charge >= 0.3 is 0 Å². The second-order valence-corrected chi connectivity index (χ2v) is 4.69. The Balaban J connectivity index is 1.98. The first-order valence-corrected chi connectivity index (χ1v) is 6.83. The third-order valence-corrected chi connectivity index (χ3v) is 3.08. The first-order valence-electron chi connectivity index (χ1n) is 6.45. The van der Waals surface area contributed by atoms with Crippen LogP contribution in [0.25, 0.3) is 0 Å². The van der Waals surface area contributed by atoms with Gasteiger partial charge < -0.3 is 15.4 Å². The lowest BCUT2D eigenvalue weighted by Gasteiger charge is -2.08. The van der Waals surface area contributed by atoms with Crippen LogP contribution in [0.3, 0.4) is 0 Å². The van der Waals surface area contributed by atoms with Gasteiger partial charge in [-0.2, -0.15) is 0 Å². The zero-order chi connectivity index (χ0) is 15.1. The lowest BCUT2D eigenvalue weighted by atomic mass is 10.3. The van der Waals surface area contributed by atoms with Crippen molar-refractivity contribution >= 4 is 28.9 Å². The van der Waals surface area contributed by atoms with Crippen molar-refractivity contribution in [2.45, 2.75) is 0 Å². The number of hydrogen-bond donors (Lipinski definition) is 2. The number of aromatic nitrogens is 1. The summed E-state index contributed by atoms with van der Waals surface area (Å²) in [5, 5.41) is 6.34. The molecule has 1 aromatic heterocycles. The maximum Gasteiger partial charge on any atom is 0.274 e. The van der Waals surface area contributed by atoms with E-state index in [4.69, 9.17) is 16.3 Å². The Morgan fingerprint density at radius 1 is 1.29 bits per heavy atom. The summed E-state index contributed by atoms with van der Waals surface area (Å²) in [6.45, 7) is 1.29. The molecule has 6 heteroatoms. The van der Waals surface area contributed by atoms with E-state index >= 15 is 0 Å².